The minimum absolute atomic E-state index is 0.0983. The first-order chi connectivity index (χ1) is 15.5. The molecule has 0 radical (unpaired) electrons. The first kappa shape index (κ1) is 24.2. The first-order valence-corrected chi connectivity index (χ1v) is 15.9. The summed E-state index contributed by atoms with van der Waals surface area (Å²) in [6.07, 6.45) is 2.39. The van der Waals surface area contributed by atoms with Crippen molar-refractivity contribution in [2.24, 2.45) is 0 Å². The molecule has 0 bridgehead atoms. The summed E-state index contributed by atoms with van der Waals surface area (Å²) in [5.74, 6) is -0.336. The van der Waals surface area contributed by atoms with Gasteiger partial charge in [0, 0.05) is 0 Å². The van der Waals surface area contributed by atoms with E-state index in [1.807, 2.05) is 48.5 Å². The molecule has 0 spiro atoms. The van der Waals surface area contributed by atoms with Crippen LogP contribution in [0, 0.1) is 0 Å². The molecule has 1 heterocycles. The van der Waals surface area contributed by atoms with Crippen molar-refractivity contribution >= 4 is 44.2 Å². The third-order valence-electron chi connectivity index (χ3n) is 5.35. The molecular weight excluding hydrogens is 521 g/mol. The van der Waals surface area contributed by atoms with Crippen molar-refractivity contribution < 1.29 is 19.1 Å². The number of nitrogens with zero attached hydrogens (tertiary/aromatic N) is 1. The molecule has 2 aromatic carbocycles. The van der Waals surface area contributed by atoms with Crippen LogP contribution in [0.2, 0.25) is 0 Å². The molecule has 1 fully saturated rings. The summed E-state index contributed by atoms with van der Waals surface area (Å²) in [7, 11) is 0. The Morgan fingerprint density at radius 3 is 2.69 bits per heavy atom. The molecule has 0 saturated carbocycles. The summed E-state index contributed by atoms with van der Waals surface area (Å²) in [6.45, 7) is 1.90. The summed E-state index contributed by atoms with van der Waals surface area (Å²) in [5, 5.41) is 5.08. The Bertz CT molecular complexity index is 936. The van der Waals surface area contributed by atoms with Gasteiger partial charge in [0.15, 0.2) is 0 Å². The van der Waals surface area contributed by atoms with Gasteiger partial charge in [-0.3, -0.25) is 14.9 Å². The second-order valence-corrected chi connectivity index (χ2v) is 13.3. The van der Waals surface area contributed by atoms with Crippen LogP contribution >= 0.6 is 20.1 Å². The second-order valence-electron chi connectivity index (χ2n) is 7.81. The number of amides is 3. The maximum atomic E-state index is 12.8. The van der Waals surface area contributed by atoms with E-state index in [1.165, 1.54) is 0 Å². The predicted octanol–water partition coefficient (Wildman–Crippen LogP) is 4.25. The number of aryl methyl sites for hydroxylation is 1. The molecule has 3 amide bonds. The fourth-order valence-electron chi connectivity index (χ4n) is 3.70. The monoisotopic (exact) mass is 551 g/mol. The Balaban J connectivity index is 1.74. The molecule has 2 N–H and O–H groups in total. The molecule has 0 aromatic heterocycles. The van der Waals surface area contributed by atoms with Crippen LogP contribution in [-0.2, 0) is 20.7 Å². The molecule has 172 valence electrons. The van der Waals surface area contributed by atoms with Crippen LogP contribution in [0.15, 0.2) is 48.5 Å². The third-order valence-corrected chi connectivity index (χ3v) is 8.95. The fraction of sp³-hybridized carbons (Fsp3) is 0.375. The number of carbonyl (C=O) groups excluding carboxylic acids is 3. The van der Waals surface area contributed by atoms with Gasteiger partial charge in [0.2, 0.25) is 6.41 Å². The van der Waals surface area contributed by atoms with Crippen molar-refractivity contribution in [3.63, 3.8) is 0 Å². The van der Waals surface area contributed by atoms with E-state index in [0.29, 0.717) is 18.5 Å². The number of hydrogen-bond donors (Lipinski definition) is 2. The van der Waals surface area contributed by atoms with Gasteiger partial charge in [-0.2, -0.15) is 0 Å². The molecule has 7 nitrogen and oxygen atoms in total. The topological polar surface area (TPSA) is 87.7 Å². The quantitative estimate of drug-likeness (QED) is 0.222. The standard InChI is InChI=1S/C24H30IN3O4/c1-25(2)28-14-6-9-20(16-28)32-24(31)27-22-15-18(11-13-23(30)26-17-29)10-12-21(22)19-7-4-3-5-8-19/h3-5,7-8,10,12,15,17,20H,6,9,11,13-14,16H2,1-2H3,(H,27,31)(H,26,29,30). The Labute approximate surface area is 196 Å². The number of anilines is 1. The van der Waals surface area contributed by atoms with E-state index < -0.39 is 26.2 Å². The van der Waals surface area contributed by atoms with Gasteiger partial charge in [0.05, 0.1) is 0 Å². The van der Waals surface area contributed by atoms with E-state index in [9.17, 15) is 14.4 Å². The molecule has 0 aliphatic carbocycles. The number of rotatable bonds is 8. The summed E-state index contributed by atoms with van der Waals surface area (Å²) >= 11 is -1.09. The molecule has 1 unspecified atom stereocenters. The van der Waals surface area contributed by atoms with Crippen LogP contribution in [0.4, 0.5) is 10.5 Å². The first-order valence-electron chi connectivity index (χ1n) is 10.6. The van der Waals surface area contributed by atoms with Crippen LogP contribution in [0.5, 0.6) is 0 Å². The zero-order chi connectivity index (χ0) is 22.9. The molecule has 1 aliphatic heterocycles. The van der Waals surface area contributed by atoms with E-state index in [1.54, 1.807) is 0 Å². The van der Waals surface area contributed by atoms with Gasteiger partial charge in [-0.1, -0.05) is 0 Å². The molecule has 32 heavy (non-hydrogen) atoms. The predicted molar refractivity (Wildman–Crippen MR) is 135 cm³/mol. The van der Waals surface area contributed by atoms with Gasteiger partial charge in [-0.25, -0.2) is 0 Å². The maximum absolute atomic E-state index is 12.8. The van der Waals surface area contributed by atoms with E-state index in [0.717, 1.165) is 42.6 Å². The van der Waals surface area contributed by atoms with Crippen LogP contribution < -0.4 is 10.6 Å². The van der Waals surface area contributed by atoms with Crippen molar-refractivity contribution in [2.45, 2.75) is 31.8 Å². The van der Waals surface area contributed by atoms with Crippen molar-refractivity contribution in [3.8, 4) is 11.1 Å². The summed E-state index contributed by atoms with van der Waals surface area (Å²) in [4.78, 5) is 39.4. The number of ether oxygens (including phenoxy) is 1. The summed E-state index contributed by atoms with van der Waals surface area (Å²) in [5.41, 5.74) is 3.38. The van der Waals surface area contributed by atoms with E-state index >= 15 is 0 Å². The van der Waals surface area contributed by atoms with Gasteiger partial charge < -0.3 is 0 Å². The zero-order valence-electron chi connectivity index (χ0n) is 18.5. The number of hydrogen-bond acceptors (Lipinski definition) is 5. The third kappa shape index (κ3) is 7.03. The van der Waals surface area contributed by atoms with Crippen molar-refractivity contribution in [3.05, 3.63) is 54.1 Å². The van der Waals surface area contributed by atoms with Crippen molar-refractivity contribution in [1.29, 1.82) is 0 Å². The van der Waals surface area contributed by atoms with Crippen LogP contribution in [0.25, 0.3) is 11.1 Å². The number of halogens is 1. The van der Waals surface area contributed by atoms with Crippen LogP contribution in [0.1, 0.15) is 24.8 Å². The van der Waals surface area contributed by atoms with Gasteiger partial charge in [0.25, 0.3) is 0 Å². The molecular formula is C24H30IN3O4. The van der Waals surface area contributed by atoms with Crippen LogP contribution in [0.3, 0.4) is 0 Å². The normalized spacial score (nSPS) is 16.7. The van der Waals surface area contributed by atoms with Crippen LogP contribution in [-0.4, -0.2) is 50.6 Å². The van der Waals surface area contributed by atoms with Gasteiger partial charge >= 0.3 is 176 Å². The minimum atomic E-state index is -1.09. The van der Waals surface area contributed by atoms with Gasteiger partial charge in [-0.15, -0.1) is 0 Å². The van der Waals surface area contributed by atoms with Gasteiger partial charge in [0.1, 0.15) is 0 Å². The number of nitrogens with one attached hydrogen (secondary N) is 2. The fourth-order valence-corrected chi connectivity index (χ4v) is 6.24. The number of benzene rings is 2. The Morgan fingerprint density at radius 1 is 1.19 bits per heavy atom. The Hall–Kier alpha value is -2.46. The average molecular weight is 551 g/mol. The molecule has 2 aromatic rings. The van der Waals surface area contributed by atoms with Gasteiger partial charge in [-0.05, 0) is 0 Å². The molecule has 8 heteroatoms. The molecule has 1 saturated heterocycles. The van der Waals surface area contributed by atoms with Crippen molar-refractivity contribution in [2.75, 3.05) is 28.3 Å². The zero-order valence-corrected chi connectivity index (χ0v) is 20.6. The number of piperidine rings is 1. The summed E-state index contributed by atoms with van der Waals surface area (Å²) in [6, 6.07) is 15.5. The number of imide groups is 1. The second kappa shape index (κ2) is 12.0. The number of carbonyl (C=O) groups is 3. The van der Waals surface area contributed by atoms with E-state index in [-0.39, 0.29) is 18.4 Å². The molecule has 1 atom stereocenters. The SMILES string of the molecule is CI(C)N1CCCC(OC(=O)Nc2cc(CCC(=O)NC=O)ccc2-c2ccccc2)C1. The summed E-state index contributed by atoms with van der Waals surface area (Å²) < 4.78 is 8.24. The number of alkyl halides is 2. The molecule has 1 aliphatic rings. The van der Waals surface area contributed by atoms with Crippen molar-refractivity contribution in [1.82, 2.24) is 8.43 Å². The Morgan fingerprint density at radius 2 is 1.97 bits per heavy atom. The van der Waals surface area contributed by atoms with E-state index in [4.69, 9.17) is 4.74 Å². The van der Waals surface area contributed by atoms with E-state index in [2.05, 4.69) is 23.6 Å². The molecule has 3 rings (SSSR count). The Kier molecular flexibility index (Phi) is 9.04. The average Bonchev–Trinajstić information content (AvgIpc) is 2.78.